The van der Waals surface area contributed by atoms with Crippen LogP contribution in [0.4, 0.5) is 26.1 Å². The SMILES string of the molecule is C=C(COCCC(F)(F)F)[B-](F)(F)F. The van der Waals surface area contributed by atoms with Gasteiger partial charge in [0.05, 0.1) is 13.0 Å². The van der Waals surface area contributed by atoms with E-state index in [1.54, 1.807) is 0 Å². The maximum absolute atomic E-state index is 11.8. The molecule has 1 nitrogen and oxygen atoms in total. The Kier molecular flexibility index (Phi) is 4.50. The van der Waals surface area contributed by atoms with Gasteiger partial charge < -0.3 is 17.7 Å². The molecule has 0 aromatic carbocycles. The van der Waals surface area contributed by atoms with Crippen molar-refractivity contribution >= 4 is 6.98 Å². The molecule has 0 spiro atoms. The highest BCUT2D eigenvalue weighted by Gasteiger charge is 2.28. The third-order valence-corrected chi connectivity index (χ3v) is 1.28. The van der Waals surface area contributed by atoms with E-state index < -0.39 is 38.3 Å². The van der Waals surface area contributed by atoms with Gasteiger partial charge in [-0.15, -0.1) is 12.1 Å². The molecule has 0 saturated heterocycles. The Bertz CT molecular complexity index is 195. The second-order valence-corrected chi connectivity index (χ2v) is 2.65. The largest absolute Gasteiger partial charge is 0.507 e. The summed E-state index contributed by atoms with van der Waals surface area (Å²) in [5.41, 5.74) is -1.13. The Morgan fingerprint density at radius 1 is 1.21 bits per heavy atom. The van der Waals surface area contributed by atoms with Crippen LogP contribution < -0.4 is 0 Å². The van der Waals surface area contributed by atoms with Crippen molar-refractivity contribution in [2.75, 3.05) is 13.2 Å². The molecule has 0 rings (SSSR count). The number of alkyl halides is 3. The van der Waals surface area contributed by atoms with Crippen molar-refractivity contribution in [3.05, 3.63) is 12.1 Å². The Hall–Kier alpha value is -0.655. The van der Waals surface area contributed by atoms with Gasteiger partial charge in [-0.25, -0.2) is 0 Å². The highest BCUT2D eigenvalue weighted by atomic mass is 19.4. The van der Waals surface area contributed by atoms with Gasteiger partial charge in [0.1, 0.15) is 0 Å². The van der Waals surface area contributed by atoms with E-state index in [1.165, 1.54) is 0 Å². The highest BCUT2D eigenvalue weighted by molar-refractivity contribution is 6.66. The van der Waals surface area contributed by atoms with Crippen molar-refractivity contribution < 1.29 is 30.9 Å². The molecule has 0 aliphatic heterocycles. The normalized spacial score (nSPS) is 13.0. The first-order valence-corrected chi connectivity index (χ1v) is 3.65. The van der Waals surface area contributed by atoms with Crippen molar-refractivity contribution in [3.63, 3.8) is 0 Å². The lowest BCUT2D eigenvalue weighted by molar-refractivity contribution is -0.144. The van der Waals surface area contributed by atoms with E-state index in [9.17, 15) is 26.1 Å². The third-order valence-electron chi connectivity index (χ3n) is 1.28. The number of halogens is 6. The van der Waals surface area contributed by atoms with Crippen molar-refractivity contribution in [1.82, 2.24) is 0 Å². The van der Waals surface area contributed by atoms with Gasteiger partial charge in [-0.3, -0.25) is 0 Å². The molecule has 0 aliphatic rings. The number of hydrogen-bond donors (Lipinski definition) is 0. The summed E-state index contributed by atoms with van der Waals surface area (Å²) < 4.78 is 74.0. The molecule has 0 fully saturated rings. The van der Waals surface area contributed by atoms with E-state index in [4.69, 9.17) is 0 Å². The first-order valence-electron chi connectivity index (χ1n) is 3.65. The fourth-order valence-corrected chi connectivity index (χ4v) is 0.486. The molecule has 84 valence electrons. The first-order chi connectivity index (χ1) is 6.13. The first kappa shape index (κ1) is 13.3. The summed E-state index contributed by atoms with van der Waals surface area (Å²) in [6.07, 6.45) is -5.67. The molecule has 0 aliphatic carbocycles. The molecule has 0 aromatic rings. The number of ether oxygens (including phenoxy) is 1. The minimum atomic E-state index is -5.22. The van der Waals surface area contributed by atoms with Crippen LogP contribution in [-0.2, 0) is 4.74 Å². The van der Waals surface area contributed by atoms with Gasteiger partial charge in [0.25, 0.3) is 0 Å². The molecule has 0 amide bonds. The standard InChI is InChI=1S/C6H8BF6O/c1-5(7(11,12)13)4-14-3-2-6(8,9)10/h1-4H2/q-1. The quantitative estimate of drug-likeness (QED) is 0.394. The Morgan fingerprint density at radius 2 is 1.71 bits per heavy atom. The van der Waals surface area contributed by atoms with E-state index in [0.29, 0.717) is 0 Å². The molecule has 14 heavy (non-hydrogen) atoms. The van der Waals surface area contributed by atoms with Crippen LogP contribution in [0.25, 0.3) is 0 Å². The average Bonchev–Trinajstić information content (AvgIpc) is 1.93. The highest BCUT2D eigenvalue weighted by Crippen LogP contribution is 2.21. The predicted octanol–water partition coefficient (Wildman–Crippen LogP) is 2.90. The van der Waals surface area contributed by atoms with E-state index in [0.717, 1.165) is 0 Å². The minimum Gasteiger partial charge on any atom is -0.445 e. The molecule has 0 unspecified atom stereocenters. The Balaban J connectivity index is 3.62. The minimum absolute atomic E-state index is 0.783. The molecule has 0 heterocycles. The van der Waals surface area contributed by atoms with Crippen LogP contribution in [0.2, 0.25) is 0 Å². The fraction of sp³-hybridized carbons (Fsp3) is 0.667. The van der Waals surface area contributed by atoms with Gasteiger partial charge in [0.15, 0.2) is 0 Å². The summed E-state index contributed by atoms with van der Waals surface area (Å²) in [6.45, 7) is -4.25. The monoisotopic (exact) mass is 221 g/mol. The summed E-state index contributed by atoms with van der Waals surface area (Å²) in [5.74, 6) is 0. The summed E-state index contributed by atoms with van der Waals surface area (Å²) in [5, 5.41) is 0. The van der Waals surface area contributed by atoms with Crippen LogP contribution in [0.5, 0.6) is 0 Å². The molecule has 8 heteroatoms. The molecule has 0 aromatic heterocycles. The van der Waals surface area contributed by atoms with Crippen LogP contribution in [-0.4, -0.2) is 26.4 Å². The zero-order valence-corrected chi connectivity index (χ0v) is 7.08. The van der Waals surface area contributed by atoms with Gasteiger partial charge >= 0.3 is 13.2 Å². The molecule has 0 N–H and O–H groups in total. The van der Waals surface area contributed by atoms with Crippen LogP contribution in [0.15, 0.2) is 12.1 Å². The van der Waals surface area contributed by atoms with E-state index in [-0.39, 0.29) is 0 Å². The van der Waals surface area contributed by atoms with Crippen molar-refractivity contribution in [2.24, 2.45) is 0 Å². The maximum Gasteiger partial charge on any atom is 0.507 e. The molecular formula is C6H8BF6O-. The second kappa shape index (κ2) is 4.72. The van der Waals surface area contributed by atoms with Crippen LogP contribution in [0.3, 0.4) is 0 Å². The topological polar surface area (TPSA) is 9.23 Å². The van der Waals surface area contributed by atoms with Gasteiger partial charge in [0, 0.05) is 6.61 Å². The lowest BCUT2D eigenvalue weighted by atomic mass is 9.81. The van der Waals surface area contributed by atoms with E-state index in [1.807, 2.05) is 0 Å². The van der Waals surface area contributed by atoms with Crippen molar-refractivity contribution in [2.45, 2.75) is 12.6 Å². The molecule has 0 radical (unpaired) electrons. The maximum atomic E-state index is 11.8. The zero-order chi connectivity index (χ0) is 11.4. The Labute approximate surface area is 76.8 Å². The van der Waals surface area contributed by atoms with E-state index >= 15 is 0 Å². The smallest absolute Gasteiger partial charge is 0.445 e. The molecule has 0 atom stereocenters. The third kappa shape index (κ3) is 6.82. The van der Waals surface area contributed by atoms with Gasteiger partial charge in [-0.1, -0.05) is 0 Å². The predicted molar refractivity (Wildman–Crippen MR) is 39.7 cm³/mol. The lowest BCUT2D eigenvalue weighted by Crippen LogP contribution is -2.23. The van der Waals surface area contributed by atoms with Crippen molar-refractivity contribution in [3.8, 4) is 0 Å². The van der Waals surface area contributed by atoms with Crippen LogP contribution >= 0.6 is 0 Å². The average molecular weight is 221 g/mol. The molecule has 0 bridgehead atoms. The van der Waals surface area contributed by atoms with Crippen molar-refractivity contribution in [1.29, 1.82) is 0 Å². The summed E-state index contributed by atoms with van der Waals surface area (Å²) in [4.78, 5) is 0. The summed E-state index contributed by atoms with van der Waals surface area (Å²) >= 11 is 0. The van der Waals surface area contributed by atoms with Gasteiger partial charge in [0.2, 0.25) is 0 Å². The molecular weight excluding hydrogens is 213 g/mol. The van der Waals surface area contributed by atoms with Crippen LogP contribution in [0.1, 0.15) is 6.42 Å². The summed E-state index contributed by atoms with van der Waals surface area (Å²) in [7, 11) is 0. The summed E-state index contributed by atoms with van der Waals surface area (Å²) in [6, 6.07) is 0. The fourth-order valence-electron chi connectivity index (χ4n) is 0.486. The number of rotatable bonds is 5. The van der Waals surface area contributed by atoms with E-state index in [2.05, 4.69) is 11.3 Å². The molecule has 0 saturated carbocycles. The lowest BCUT2D eigenvalue weighted by Gasteiger charge is -2.17. The number of hydrogen-bond acceptors (Lipinski definition) is 1. The zero-order valence-electron chi connectivity index (χ0n) is 7.08. The van der Waals surface area contributed by atoms with Gasteiger partial charge in [-0.2, -0.15) is 13.2 Å². The Morgan fingerprint density at radius 3 is 2.07 bits per heavy atom. The van der Waals surface area contributed by atoms with Gasteiger partial charge in [-0.05, 0) is 0 Å². The second-order valence-electron chi connectivity index (χ2n) is 2.65. The van der Waals surface area contributed by atoms with Crippen LogP contribution in [0, 0.1) is 0 Å².